The lowest BCUT2D eigenvalue weighted by atomic mass is 9.94. The molecule has 1 aliphatic carbocycles. The molecule has 0 aliphatic heterocycles. The number of hydrogen-bond donors (Lipinski definition) is 1. The summed E-state index contributed by atoms with van der Waals surface area (Å²) in [5, 5.41) is 2.87. The van der Waals surface area contributed by atoms with E-state index in [9.17, 15) is 9.59 Å². The standard InChI is InChI=1S/C18H20BrNO3/c1-17(2,3)23-16(22)18(19)12-8-7-11-14(18)20-15(21)13-9-5-4-6-10-13/h4-12,14H,1-3H3,(H,20,21). The molecule has 2 unspecified atom stereocenters. The number of ether oxygens (including phenoxy) is 1. The highest BCUT2D eigenvalue weighted by Gasteiger charge is 2.45. The van der Waals surface area contributed by atoms with Gasteiger partial charge in [-0.05, 0) is 32.9 Å². The molecule has 122 valence electrons. The van der Waals surface area contributed by atoms with Crippen molar-refractivity contribution in [2.75, 3.05) is 0 Å². The lowest BCUT2D eigenvalue weighted by Gasteiger charge is -2.34. The van der Waals surface area contributed by atoms with Crippen molar-refractivity contribution in [2.24, 2.45) is 0 Å². The average Bonchev–Trinajstić information content (AvgIpc) is 2.49. The molecule has 0 saturated heterocycles. The number of allylic oxidation sites excluding steroid dienone is 2. The van der Waals surface area contributed by atoms with Gasteiger partial charge in [0.1, 0.15) is 5.60 Å². The van der Waals surface area contributed by atoms with Crippen LogP contribution in [0.4, 0.5) is 0 Å². The summed E-state index contributed by atoms with van der Waals surface area (Å²) in [5.41, 5.74) is -0.0737. The molecule has 0 aromatic heterocycles. The van der Waals surface area contributed by atoms with E-state index in [4.69, 9.17) is 4.74 Å². The molecule has 0 radical (unpaired) electrons. The summed E-state index contributed by atoms with van der Waals surface area (Å²) >= 11 is 3.45. The molecule has 1 aliphatic rings. The molecule has 1 N–H and O–H groups in total. The van der Waals surface area contributed by atoms with Gasteiger partial charge in [0.2, 0.25) is 0 Å². The normalized spacial score (nSPS) is 23.4. The molecule has 0 fully saturated rings. The van der Waals surface area contributed by atoms with E-state index in [0.29, 0.717) is 5.56 Å². The van der Waals surface area contributed by atoms with Crippen molar-refractivity contribution in [2.45, 2.75) is 36.7 Å². The zero-order valence-electron chi connectivity index (χ0n) is 13.4. The lowest BCUT2D eigenvalue weighted by Crippen LogP contribution is -2.54. The summed E-state index contributed by atoms with van der Waals surface area (Å²) in [5.74, 6) is -0.688. The number of nitrogens with one attached hydrogen (secondary N) is 1. The van der Waals surface area contributed by atoms with E-state index in [0.717, 1.165) is 0 Å². The summed E-state index contributed by atoms with van der Waals surface area (Å²) in [6, 6.07) is 8.33. The van der Waals surface area contributed by atoms with Gasteiger partial charge in [-0.2, -0.15) is 0 Å². The number of rotatable bonds is 3. The molecule has 0 heterocycles. The van der Waals surface area contributed by atoms with Crippen molar-refractivity contribution < 1.29 is 14.3 Å². The Kier molecular flexibility index (Phi) is 5.09. The van der Waals surface area contributed by atoms with Crippen LogP contribution >= 0.6 is 15.9 Å². The first-order chi connectivity index (χ1) is 10.7. The van der Waals surface area contributed by atoms with E-state index in [1.165, 1.54) is 0 Å². The van der Waals surface area contributed by atoms with Crippen LogP contribution in [-0.4, -0.2) is 27.8 Å². The van der Waals surface area contributed by atoms with Gasteiger partial charge in [-0.1, -0.05) is 58.4 Å². The van der Waals surface area contributed by atoms with Crippen molar-refractivity contribution in [3.05, 3.63) is 60.2 Å². The van der Waals surface area contributed by atoms with Crippen LogP contribution in [0.25, 0.3) is 0 Å². The molecule has 0 spiro atoms. The van der Waals surface area contributed by atoms with Gasteiger partial charge < -0.3 is 10.1 Å². The molecular formula is C18H20BrNO3. The van der Waals surface area contributed by atoms with Crippen LogP contribution < -0.4 is 5.32 Å². The Morgan fingerprint density at radius 2 is 1.83 bits per heavy atom. The number of esters is 1. The first-order valence-electron chi connectivity index (χ1n) is 7.37. The molecule has 1 aromatic rings. The fourth-order valence-corrected chi connectivity index (χ4v) is 2.63. The van der Waals surface area contributed by atoms with Gasteiger partial charge in [0.05, 0.1) is 6.04 Å². The topological polar surface area (TPSA) is 55.4 Å². The predicted octanol–water partition coefficient (Wildman–Crippen LogP) is 3.39. The first kappa shape index (κ1) is 17.5. The maximum Gasteiger partial charge on any atom is 0.329 e. The summed E-state index contributed by atoms with van der Waals surface area (Å²) in [6.45, 7) is 5.42. The number of benzene rings is 1. The largest absolute Gasteiger partial charge is 0.459 e. The van der Waals surface area contributed by atoms with Gasteiger partial charge in [0.25, 0.3) is 5.91 Å². The van der Waals surface area contributed by atoms with Gasteiger partial charge in [-0.3, -0.25) is 9.59 Å². The Bertz CT molecular complexity index is 646. The highest BCUT2D eigenvalue weighted by Crippen LogP contribution is 2.32. The number of carbonyl (C=O) groups is 2. The number of alkyl halides is 1. The van der Waals surface area contributed by atoms with E-state index in [1.807, 2.05) is 6.07 Å². The van der Waals surface area contributed by atoms with E-state index >= 15 is 0 Å². The Hall–Kier alpha value is -1.88. The Morgan fingerprint density at radius 3 is 2.43 bits per heavy atom. The SMILES string of the molecule is CC(C)(C)OC(=O)C1(Br)C=CC=CC1NC(=O)c1ccccc1. The fourth-order valence-electron chi connectivity index (χ4n) is 2.13. The van der Waals surface area contributed by atoms with Gasteiger partial charge in [-0.15, -0.1) is 0 Å². The highest BCUT2D eigenvalue weighted by molar-refractivity contribution is 9.10. The average molecular weight is 378 g/mol. The van der Waals surface area contributed by atoms with Crippen LogP contribution in [0.2, 0.25) is 0 Å². The van der Waals surface area contributed by atoms with Crippen LogP contribution in [0, 0.1) is 0 Å². The third-order valence-electron chi connectivity index (χ3n) is 3.24. The van der Waals surface area contributed by atoms with Crippen LogP contribution in [0.3, 0.4) is 0 Å². The second-order valence-electron chi connectivity index (χ2n) is 6.33. The predicted molar refractivity (Wildman–Crippen MR) is 93.5 cm³/mol. The van der Waals surface area contributed by atoms with Crippen LogP contribution in [0.1, 0.15) is 31.1 Å². The first-order valence-corrected chi connectivity index (χ1v) is 8.16. The number of hydrogen-bond acceptors (Lipinski definition) is 3. The molecule has 0 saturated carbocycles. The minimum absolute atomic E-state index is 0.247. The maximum absolute atomic E-state index is 12.6. The van der Waals surface area contributed by atoms with E-state index < -0.39 is 21.9 Å². The zero-order valence-corrected chi connectivity index (χ0v) is 15.0. The number of amides is 1. The van der Waals surface area contributed by atoms with Gasteiger partial charge in [0, 0.05) is 5.56 Å². The Balaban J connectivity index is 2.19. The van der Waals surface area contributed by atoms with Crippen molar-refractivity contribution >= 4 is 27.8 Å². The fraction of sp³-hybridized carbons (Fsp3) is 0.333. The summed E-state index contributed by atoms with van der Waals surface area (Å²) in [7, 11) is 0. The van der Waals surface area contributed by atoms with Crippen molar-refractivity contribution in [1.82, 2.24) is 5.32 Å². The molecular weight excluding hydrogens is 358 g/mol. The molecule has 0 bridgehead atoms. The highest BCUT2D eigenvalue weighted by atomic mass is 79.9. The van der Waals surface area contributed by atoms with Crippen molar-refractivity contribution in [3.8, 4) is 0 Å². The maximum atomic E-state index is 12.6. The smallest absolute Gasteiger partial charge is 0.329 e. The van der Waals surface area contributed by atoms with Crippen LogP contribution in [0.5, 0.6) is 0 Å². The van der Waals surface area contributed by atoms with E-state index in [1.54, 1.807) is 69.3 Å². The molecule has 2 rings (SSSR count). The van der Waals surface area contributed by atoms with Gasteiger partial charge >= 0.3 is 5.97 Å². The number of carbonyl (C=O) groups excluding carboxylic acids is 2. The van der Waals surface area contributed by atoms with Gasteiger partial charge in [-0.25, -0.2) is 0 Å². The molecule has 2 atom stereocenters. The Morgan fingerprint density at radius 1 is 1.17 bits per heavy atom. The van der Waals surface area contributed by atoms with Crippen molar-refractivity contribution in [3.63, 3.8) is 0 Å². The molecule has 1 amide bonds. The molecule has 1 aromatic carbocycles. The molecule has 4 nitrogen and oxygen atoms in total. The second kappa shape index (κ2) is 6.71. The Labute approximate surface area is 144 Å². The second-order valence-corrected chi connectivity index (χ2v) is 7.64. The van der Waals surface area contributed by atoms with E-state index in [-0.39, 0.29) is 5.91 Å². The lowest BCUT2D eigenvalue weighted by molar-refractivity contribution is -0.156. The third kappa shape index (κ3) is 4.32. The summed E-state index contributed by atoms with van der Waals surface area (Å²) in [6.07, 6.45) is 7.00. The van der Waals surface area contributed by atoms with Crippen molar-refractivity contribution in [1.29, 1.82) is 0 Å². The molecule has 23 heavy (non-hydrogen) atoms. The number of halogens is 1. The zero-order chi connectivity index (χ0) is 17.1. The summed E-state index contributed by atoms with van der Waals surface area (Å²) in [4.78, 5) is 24.9. The third-order valence-corrected chi connectivity index (χ3v) is 4.32. The summed E-state index contributed by atoms with van der Waals surface area (Å²) < 4.78 is 4.35. The van der Waals surface area contributed by atoms with Crippen LogP contribution in [-0.2, 0) is 9.53 Å². The molecule has 5 heteroatoms. The minimum Gasteiger partial charge on any atom is -0.459 e. The monoisotopic (exact) mass is 377 g/mol. The van der Waals surface area contributed by atoms with E-state index in [2.05, 4.69) is 21.2 Å². The minimum atomic E-state index is -1.13. The van der Waals surface area contributed by atoms with Gasteiger partial charge in [0.15, 0.2) is 4.32 Å². The van der Waals surface area contributed by atoms with Crippen LogP contribution in [0.15, 0.2) is 54.6 Å². The quantitative estimate of drug-likeness (QED) is 0.648.